The summed E-state index contributed by atoms with van der Waals surface area (Å²) in [7, 11) is 0. The van der Waals surface area contributed by atoms with Gasteiger partial charge in [-0.15, -0.1) is 0 Å². The van der Waals surface area contributed by atoms with E-state index in [0.717, 1.165) is 22.5 Å². The fourth-order valence-electron chi connectivity index (χ4n) is 1.57. The molecule has 0 atom stereocenters. The van der Waals surface area contributed by atoms with Crippen molar-refractivity contribution in [3.8, 4) is 5.75 Å². The van der Waals surface area contributed by atoms with Gasteiger partial charge < -0.3 is 10.4 Å². The monoisotopic (exact) mass is 235 g/mol. The number of aryl methyl sites for hydroxylation is 1. The summed E-state index contributed by atoms with van der Waals surface area (Å²) >= 11 is 1.50. The van der Waals surface area contributed by atoms with E-state index in [4.69, 9.17) is 0 Å². The lowest BCUT2D eigenvalue weighted by molar-refractivity contribution is -0.116. The first-order chi connectivity index (χ1) is 7.70. The Hall–Kier alpha value is -1.42. The van der Waals surface area contributed by atoms with Gasteiger partial charge in [0.15, 0.2) is 0 Å². The lowest BCUT2D eigenvalue weighted by atomic mass is 10.1. The van der Waals surface area contributed by atoms with E-state index in [-0.39, 0.29) is 5.91 Å². The summed E-state index contributed by atoms with van der Waals surface area (Å²) in [4.78, 5) is 12.1. The molecule has 3 nitrogen and oxygen atoms in total. The van der Waals surface area contributed by atoms with Gasteiger partial charge in [0.05, 0.1) is 10.8 Å². The molecule has 0 spiro atoms. The molecule has 1 aromatic rings. The molecule has 0 aliphatic carbocycles. The second-order valence-corrected chi connectivity index (χ2v) is 4.56. The quantitative estimate of drug-likeness (QED) is 0.772. The van der Waals surface area contributed by atoms with Crippen LogP contribution in [0.5, 0.6) is 5.75 Å². The van der Waals surface area contributed by atoms with Crippen molar-refractivity contribution in [2.75, 3.05) is 5.88 Å². The molecule has 1 amide bonds. The van der Waals surface area contributed by atoms with Gasteiger partial charge >= 0.3 is 0 Å². The van der Waals surface area contributed by atoms with Gasteiger partial charge in [0.25, 0.3) is 5.91 Å². The first-order valence-electron chi connectivity index (χ1n) is 5.15. The van der Waals surface area contributed by atoms with Gasteiger partial charge in [0, 0.05) is 0 Å². The Bertz CT molecular complexity index is 454. The zero-order valence-corrected chi connectivity index (χ0v) is 9.80. The van der Waals surface area contributed by atoms with Crippen LogP contribution >= 0.6 is 11.8 Å². The van der Waals surface area contributed by atoms with E-state index in [2.05, 4.69) is 5.32 Å². The first-order valence-corrected chi connectivity index (χ1v) is 6.14. The number of amides is 1. The maximum atomic E-state index is 11.4. The van der Waals surface area contributed by atoms with Gasteiger partial charge in [-0.3, -0.25) is 4.79 Å². The van der Waals surface area contributed by atoms with Crippen LogP contribution in [0.25, 0.3) is 6.08 Å². The SMILES string of the molecule is CCc1cc(/C=C2\SCNC2=O)ccc1O. The van der Waals surface area contributed by atoms with Crippen molar-refractivity contribution in [1.29, 1.82) is 0 Å². The number of phenolic OH excluding ortho intramolecular Hbond substituents is 1. The average molecular weight is 235 g/mol. The molecule has 1 fully saturated rings. The maximum absolute atomic E-state index is 11.4. The van der Waals surface area contributed by atoms with Gasteiger partial charge in [-0.1, -0.05) is 24.8 Å². The van der Waals surface area contributed by atoms with Crippen molar-refractivity contribution in [2.24, 2.45) is 0 Å². The summed E-state index contributed by atoms with van der Waals surface area (Å²) in [6, 6.07) is 5.39. The number of aromatic hydroxyl groups is 1. The topological polar surface area (TPSA) is 49.3 Å². The molecule has 1 heterocycles. The lowest BCUT2D eigenvalue weighted by Crippen LogP contribution is -2.13. The highest BCUT2D eigenvalue weighted by Gasteiger charge is 2.16. The Morgan fingerprint density at radius 2 is 2.38 bits per heavy atom. The van der Waals surface area contributed by atoms with Gasteiger partial charge in [-0.05, 0) is 35.8 Å². The number of phenols is 1. The highest BCUT2D eigenvalue weighted by molar-refractivity contribution is 8.04. The molecular weight excluding hydrogens is 222 g/mol. The third-order valence-corrected chi connectivity index (χ3v) is 3.37. The summed E-state index contributed by atoms with van der Waals surface area (Å²) in [5.41, 5.74) is 1.85. The van der Waals surface area contributed by atoms with Crippen LogP contribution in [0, 0.1) is 0 Å². The van der Waals surface area contributed by atoms with Crippen LogP contribution in [0.2, 0.25) is 0 Å². The smallest absolute Gasteiger partial charge is 0.258 e. The normalized spacial score (nSPS) is 17.8. The van der Waals surface area contributed by atoms with E-state index in [1.165, 1.54) is 11.8 Å². The summed E-state index contributed by atoms with van der Waals surface area (Å²) < 4.78 is 0. The number of hydrogen-bond donors (Lipinski definition) is 2. The Balaban J connectivity index is 2.31. The minimum absolute atomic E-state index is 0.0175. The standard InChI is InChI=1S/C12H13NO2S/c1-2-9-5-8(3-4-10(9)14)6-11-12(15)13-7-16-11/h3-6,14H,2,7H2,1H3,(H,13,15)/b11-6-. The van der Waals surface area contributed by atoms with Crippen LogP contribution in [0.3, 0.4) is 0 Å². The third kappa shape index (κ3) is 2.22. The number of hydrogen-bond acceptors (Lipinski definition) is 3. The highest BCUT2D eigenvalue weighted by atomic mass is 32.2. The fourth-order valence-corrected chi connectivity index (χ4v) is 2.35. The van der Waals surface area contributed by atoms with Crippen LogP contribution in [0.1, 0.15) is 18.1 Å². The second kappa shape index (κ2) is 4.61. The number of carbonyl (C=O) groups is 1. The largest absolute Gasteiger partial charge is 0.508 e. The number of benzene rings is 1. The number of carbonyl (C=O) groups excluding carboxylic acids is 1. The Kier molecular flexibility index (Phi) is 3.19. The van der Waals surface area contributed by atoms with Crippen molar-refractivity contribution >= 4 is 23.7 Å². The molecule has 16 heavy (non-hydrogen) atoms. The van der Waals surface area contributed by atoms with Crippen molar-refractivity contribution in [1.82, 2.24) is 5.32 Å². The summed E-state index contributed by atoms with van der Waals surface area (Å²) in [5.74, 6) is 0.938. The van der Waals surface area contributed by atoms with Gasteiger partial charge in [-0.2, -0.15) is 0 Å². The van der Waals surface area contributed by atoms with E-state index in [9.17, 15) is 9.90 Å². The zero-order chi connectivity index (χ0) is 11.5. The minimum Gasteiger partial charge on any atom is -0.508 e. The molecule has 1 aromatic carbocycles. The summed E-state index contributed by atoms with van der Waals surface area (Å²) in [5, 5.41) is 12.3. The molecule has 84 valence electrons. The zero-order valence-electron chi connectivity index (χ0n) is 8.99. The third-order valence-electron chi connectivity index (χ3n) is 2.47. The number of rotatable bonds is 2. The predicted octanol–water partition coefficient (Wildman–Crippen LogP) is 2.12. The van der Waals surface area contributed by atoms with Crippen molar-refractivity contribution in [2.45, 2.75) is 13.3 Å². The second-order valence-electron chi connectivity index (χ2n) is 3.54. The molecule has 0 unspecified atom stereocenters. The maximum Gasteiger partial charge on any atom is 0.258 e. The highest BCUT2D eigenvalue weighted by Crippen LogP contribution is 2.25. The molecule has 0 bridgehead atoms. The average Bonchev–Trinajstić information content (AvgIpc) is 2.67. The lowest BCUT2D eigenvalue weighted by Gasteiger charge is -2.03. The molecule has 0 radical (unpaired) electrons. The molecule has 2 N–H and O–H groups in total. The van der Waals surface area contributed by atoms with Crippen LogP contribution in [-0.4, -0.2) is 16.9 Å². The van der Waals surface area contributed by atoms with Crippen LogP contribution in [0.15, 0.2) is 23.1 Å². The van der Waals surface area contributed by atoms with Crippen molar-refractivity contribution < 1.29 is 9.90 Å². The first kappa shape index (κ1) is 11.1. The van der Waals surface area contributed by atoms with Crippen LogP contribution < -0.4 is 5.32 Å². The fraction of sp³-hybridized carbons (Fsp3) is 0.250. The van der Waals surface area contributed by atoms with E-state index in [0.29, 0.717) is 11.6 Å². The van der Waals surface area contributed by atoms with E-state index < -0.39 is 0 Å². The van der Waals surface area contributed by atoms with E-state index in [1.54, 1.807) is 6.07 Å². The molecule has 0 saturated carbocycles. The van der Waals surface area contributed by atoms with Gasteiger partial charge in [-0.25, -0.2) is 0 Å². The van der Waals surface area contributed by atoms with Crippen molar-refractivity contribution in [3.63, 3.8) is 0 Å². The van der Waals surface area contributed by atoms with Gasteiger partial charge in [0.1, 0.15) is 5.75 Å². The summed E-state index contributed by atoms with van der Waals surface area (Å²) in [6.07, 6.45) is 2.63. The van der Waals surface area contributed by atoms with Crippen LogP contribution in [0.4, 0.5) is 0 Å². The van der Waals surface area contributed by atoms with Gasteiger partial charge in [0.2, 0.25) is 0 Å². The molecule has 1 aliphatic heterocycles. The predicted molar refractivity (Wildman–Crippen MR) is 66.1 cm³/mol. The Morgan fingerprint density at radius 3 is 3.00 bits per heavy atom. The van der Waals surface area contributed by atoms with E-state index >= 15 is 0 Å². The molecule has 1 aliphatic rings. The Labute approximate surface area is 98.6 Å². The summed E-state index contributed by atoms with van der Waals surface area (Å²) in [6.45, 7) is 1.99. The van der Waals surface area contributed by atoms with Crippen molar-refractivity contribution in [3.05, 3.63) is 34.2 Å². The number of nitrogens with one attached hydrogen (secondary N) is 1. The Morgan fingerprint density at radius 1 is 1.56 bits per heavy atom. The van der Waals surface area contributed by atoms with E-state index in [1.807, 2.05) is 25.1 Å². The minimum atomic E-state index is -0.0175. The number of thioether (sulfide) groups is 1. The molecule has 4 heteroatoms. The molecule has 2 rings (SSSR count). The molecule has 0 aromatic heterocycles. The molecule has 1 saturated heterocycles. The van der Waals surface area contributed by atoms with Crippen LogP contribution in [-0.2, 0) is 11.2 Å². The molecular formula is C12H13NO2S.